The largest absolute Gasteiger partial charge is 0.352 e. The maximum absolute atomic E-state index is 14.3. The Kier molecular flexibility index (Phi) is 10.6. The van der Waals surface area contributed by atoms with Crippen LogP contribution >= 0.6 is 0 Å². The molecule has 1 unspecified atom stereocenters. The topological polar surface area (TPSA) is 86.8 Å². The number of benzene rings is 3. The summed E-state index contributed by atoms with van der Waals surface area (Å²) in [5, 5.41) is 3.14. The molecule has 43 heavy (non-hydrogen) atoms. The van der Waals surface area contributed by atoms with E-state index in [1.165, 1.54) is 29.2 Å². The van der Waals surface area contributed by atoms with Gasteiger partial charge in [0.1, 0.15) is 18.4 Å². The molecule has 0 heterocycles. The van der Waals surface area contributed by atoms with Gasteiger partial charge >= 0.3 is 0 Å². The second-order valence-electron chi connectivity index (χ2n) is 11.5. The van der Waals surface area contributed by atoms with Crippen molar-refractivity contribution in [1.82, 2.24) is 10.2 Å². The van der Waals surface area contributed by atoms with E-state index in [9.17, 15) is 22.4 Å². The molecule has 1 saturated carbocycles. The quantitative estimate of drug-likeness (QED) is 0.281. The first-order valence-corrected chi connectivity index (χ1v) is 16.4. The van der Waals surface area contributed by atoms with Crippen LogP contribution in [0.15, 0.2) is 71.6 Å². The zero-order valence-corrected chi connectivity index (χ0v) is 26.3. The third-order valence-corrected chi connectivity index (χ3v) is 10.1. The summed E-state index contributed by atoms with van der Waals surface area (Å²) in [7, 11) is -4.16. The molecule has 3 aromatic rings. The number of carbonyl (C=O) groups is 2. The first-order chi connectivity index (χ1) is 20.5. The summed E-state index contributed by atoms with van der Waals surface area (Å²) in [6.45, 7) is 6.95. The van der Waals surface area contributed by atoms with Crippen molar-refractivity contribution in [1.29, 1.82) is 0 Å². The zero-order valence-electron chi connectivity index (χ0n) is 25.5. The first-order valence-electron chi connectivity index (χ1n) is 15.0. The number of halogens is 1. The predicted molar refractivity (Wildman–Crippen MR) is 168 cm³/mol. The van der Waals surface area contributed by atoms with Gasteiger partial charge in [-0.15, -0.1) is 0 Å². The van der Waals surface area contributed by atoms with Gasteiger partial charge in [-0.05, 0) is 87.1 Å². The number of hydrogen-bond donors (Lipinski definition) is 1. The molecule has 9 heteroatoms. The Morgan fingerprint density at radius 1 is 0.930 bits per heavy atom. The fraction of sp³-hybridized carbons (Fsp3) is 0.412. The van der Waals surface area contributed by atoms with Crippen molar-refractivity contribution < 1.29 is 22.4 Å². The Morgan fingerprint density at radius 3 is 2.21 bits per heavy atom. The molecule has 4 rings (SSSR count). The van der Waals surface area contributed by atoms with E-state index in [2.05, 4.69) is 5.32 Å². The lowest BCUT2D eigenvalue weighted by molar-refractivity contribution is -0.140. The maximum atomic E-state index is 14.3. The molecule has 7 nitrogen and oxygen atoms in total. The fourth-order valence-electron chi connectivity index (χ4n) is 5.61. The van der Waals surface area contributed by atoms with E-state index in [4.69, 9.17) is 0 Å². The molecule has 0 radical (unpaired) electrons. The molecule has 3 aromatic carbocycles. The number of carbonyl (C=O) groups excluding carboxylic acids is 2. The highest BCUT2D eigenvalue weighted by Crippen LogP contribution is 2.29. The normalized spacial score (nSPS) is 14.6. The molecule has 1 aliphatic carbocycles. The van der Waals surface area contributed by atoms with Crippen LogP contribution in [0.4, 0.5) is 10.1 Å². The third-order valence-electron chi connectivity index (χ3n) is 8.34. The third kappa shape index (κ3) is 7.82. The summed E-state index contributed by atoms with van der Waals surface area (Å²) >= 11 is 0. The van der Waals surface area contributed by atoms with E-state index in [1.807, 2.05) is 33.8 Å². The summed E-state index contributed by atoms with van der Waals surface area (Å²) in [6.07, 6.45) is 5.35. The average molecular weight is 608 g/mol. The summed E-state index contributed by atoms with van der Waals surface area (Å²) in [5.74, 6) is -1.19. The molecule has 230 valence electrons. The molecule has 1 atom stereocenters. The number of amides is 2. The van der Waals surface area contributed by atoms with Crippen molar-refractivity contribution in [3.63, 3.8) is 0 Å². The van der Waals surface area contributed by atoms with E-state index < -0.39 is 34.3 Å². The number of aryl methyl sites for hydroxylation is 2. The minimum Gasteiger partial charge on any atom is -0.352 e. The number of nitrogens with one attached hydrogen (secondary N) is 1. The van der Waals surface area contributed by atoms with Crippen LogP contribution in [-0.2, 0) is 26.2 Å². The molecule has 0 saturated heterocycles. The van der Waals surface area contributed by atoms with Crippen molar-refractivity contribution in [3.05, 3.63) is 94.8 Å². The lowest BCUT2D eigenvalue weighted by atomic mass is 9.95. The summed E-state index contributed by atoms with van der Waals surface area (Å²) in [5.41, 5.74) is 3.57. The lowest BCUT2D eigenvalue weighted by Crippen LogP contribution is -2.54. The van der Waals surface area contributed by atoms with Gasteiger partial charge in [0, 0.05) is 12.6 Å². The molecule has 0 aliphatic heterocycles. The van der Waals surface area contributed by atoms with Crippen molar-refractivity contribution in [2.24, 2.45) is 0 Å². The fourth-order valence-corrected chi connectivity index (χ4v) is 7.08. The second-order valence-corrected chi connectivity index (χ2v) is 13.3. The molecule has 0 spiro atoms. The van der Waals surface area contributed by atoms with Crippen LogP contribution in [0.1, 0.15) is 67.7 Å². The van der Waals surface area contributed by atoms with Crippen LogP contribution in [0.5, 0.6) is 0 Å². The zero-order chi connectivity index (χ0) is 31.1. The van der Waals surface area contributed by atoms with Crippen molar-refractivity contribution in [2.45, 2.75) is 89.7 Å². The van der Waals surface area contributed by atoms with Gasteiger partial charge in [0.2, 0.25) is 11.8 Å². The van der Waals surface area contributed by atoms with Crippen LogP contribution in [0.3, 0.4) is 0 Å². The van der Waals surface area contributed by atoms with Crippen molar-refractivity contribution in [2.75, 3.05) is 10.8 Å². The van der Waals surface area contributed by atoms with Crippen LogP contribution in [0.25, 0.3) is 0 Å². The molecule has 1 aliphatic rings. The highest BCUT2D eigenvalue weighted by atomic mass is 32.2. The minimum absolute atomic E-state index is 0.0287. The van der Waals surface area contributed by atoms with Crippen LogP contribution < -0.4 is 9.62 Å². The number of anilines is 1. The van der Waals surface area contributed by atoms with Gasteiger partial charge in [0.15, 0.2) is 0 Å². The van der Waals surface area contributed by atoms with Gasteiger partial charge in [-0.1, -0.05) is 68.1 Å². The van der Waals surface area contributed by atoms with Crippen LogP contribution in [0.2, 0.25) is 0 Å². The minimum atomic E-state index is -4.16. The smallest absolute Gasteiger partial charge is 0.264 e. The molecule has 2 amide bonds. The van der Waals surface area contributed by atoms with E-state index >= 15 is 0 Å². The SMILES string of the molecule is CCC(C(=O)NC1CCCCC1)N(Cc1ccc(F)cc1)C(=O)CN(c1cccc(C)c1C)S(=O)(=O)c1ccc(C)cc1. The van der Waals surface area contributed by atoms with Gasteiger partial charge in [-0.25, -0.2) is 12.8 Å². The monoisotopic (exact) mass is 607 g/mol. The summed E-state index contributed by atoms with van der Waals surface area (Å²) < 4.78 is 43.1. The molecule has 1 fully saturated rings. The Labute approximate surface area is 255 Å². The van der Waals surface area contributed by atoms with Crippen LogP contribution in [-0.4, -0.2) is 43.8 Å². The van der Waals surface area contributed by atoms with Crippen molar-refractivity contribution >= 4 is 27.5 Å². The van der Waals surface area contributed by atoms with E-state index in [0.29, 0.717) is 17.7 Å². The number of rotatable bonds is 11. The predicted octanol–water partition coefficient (Wildman–Crippen LogP) is 6.20. The summed E-state index contributed by atoms with van der Waals surface area (Å²) in [6, 6.07) is 16.9. The van der Waals surface area contributed by atoms with Gasteiger partial charge in [0.05, 0.1) is 10.6 Å². The first kappa shape index (κ1) is 32.2. The van der Waals surface area contributed by atoms with Gasteiger partial charge in [0.25, 0.3) is 10.0 Å². The number of hydrogen-bond acceptors (Lipinski definition) is 4. The summed E-state index contributed by atoms with van der Waals surface area (Å²) in [4.78, 5) is 29.4. The standard InChI is InChI=1S/C34H42FN3O4S/c1-5-31(34(40)36-29-11-7-6-8-12-29)37(22-27-16-18-28(35)19-17-27)33(39)23-38(32-13-9-10-25(3)26(32)4)43(41,42)30-20-14-24(2)15-21-30/h9-10,13-21,29,31H,5-8,11-12,22-23H2,1-4H3,(H,36,40). The van der Waals surface area contributed by atoms with E-state index in [1.54, 1.807) is 36.4 Å². The average Bonchev–Trinajstić information content (AvgIpc) is 2.99. The van der Waals surface area contributed by atoms with E-state index in [0.717, 1.165) is 53.1 Å². The number of nitrogens with zero attached hydrogens (tertiary/aromatic N) is 2. The Hall–Kier alpha value is -3.72. The molecule has 0 aromatic heterocycles. The second kappa shape index (κ2) is 14.2. The molecule has 0 bridgehead atoms. The molecule has 1 N–H and O–H groups in total. The van der Waals surface area contributed by atoms with Gasteiger partial charge in [-0.3, -0.25) is 13.9 Å². The number of sulfonamides is 1. The maximum Gasteiger partial charge on any atom is 0.264 e. The van der Waals surface area contributed by atoms with Gasteiger partial charge in [-0.2, -0.15) is 0 Å². The van der Waals surface area contributed by atoms with Crippen LogP contribution in [0, 0.1) is 26.6 Å². The van der Waals surface area contributed by atoms with E-state index in [-0.39, 0.29) is 23.4 Å². The molecular formula is C34H42FN3O4S. The Morgan fingerprint density at radius 2 is 1.58 bits per heavy atom. The highest BCUT2D eigenvalue weighted by molar-refractivity contribution is 7.92. The van der Waals surface area contributed by atoms with Gasteiger partial charge < -0.3 is 10.2 Å². The van der Waals surface area contributed by atoms with Crippen molar-refractivity contribution in [3.8, 4) is 0 Å². The Balaban J connectivity index is 1.73. The lowest BCUT2D eigenvalue weighted by Gasteiger charge is -2.35. The Bertz CT molecular complexity index is 1520. The molecular weight excluding hydrogens is 565 g/mol. The highest BCUT2D eigenvalue weighted by Gasteiger charge is 2.35.